The lowest BCUT2D eigenvalue weighted by Gasteiger charge is -2.04. The normalized spacial score (nSPS) is 11.2. The first-order valence-corrected chi connectivity index (χ1v) is 8.01. The third-order valence-electron chi connectivity index (χ3n) is 2.82. The second kappa shape index (κ2) is 7.75. The van der Waals surface area contributed by atoms with Crippen molar-refractivity contribution in [3.05, 3.63) is 54.1 Å². The van der Waals surface area contributed by atoms with Crippen molar-refractivity contribution in [3.8, 4) is 0 Å². The van der Waals surface area contributed by atoms with Crippen molar-refractivity contribution < 1.29 is 9.90 Å². The molecule has 0 amide bonds. The van der Waals surface area contributed by atoms with E-state index in [0.717, 1.165) is 11.4 Å². The van der Waals surface area contributed by atoms with Gasteiger partial charge in [-0.2, -0.15) is 10.2 Å². The minimum atomic E-state index is -0.946. The Morgan fingerprint density at radius 1 is 1.00 bits per heavy atom. The zero-order chi connectivity index (χ0) is 15.9. The van der Waals surface area contributed by atoms with Gasteiger partial charge in [-0.05, 0) is 54.4 Å². The summed E-state index contributed by atoms with van der Waals surface area (Å²) < 4.78 is 0. The van der Waals surface area contributed by atoms with Crippen LogP contribution in [-0.4, -0.2) is 16.8 Å². The quantitative estimate of drug-likeness (QED) is 0.561. The molecular formula is C17H18N2O2S. The van der Waals surface area contributed by atoms with Crippen LogP contribution in [0.25, 0.3) is 0 Å². The molecule has 0 saturated heterocycles. The first-order valence-electron chi connectivity index (χ1n) is 7.02. The Morgan fingerprint density at radius 2 is 1.50 bits per heavy atom. The molecule has 0 heterocycles. The highest BCUT2D eigenvalue weighted by Gasteiger charge is 2.01. The summed E-state index contributed by atoms with van der Waals surface area (Å²) in [6, 6.07) is 14.2. The molecule has 2 aromatic carbocycles. The van der Waals surface area contributed by atoms with E-state index in [1.165, 1.54) is 17.0 Å². The first kappa shape index (κ1) is 16.2. The molecule has 2 aromatic rings. The number of azo groups is 1. The van der Waals surface area contributed by atoms with E-state index in [1.807, 2.05) is 36.0 Å². The maximum absolute atomic E-state index is 10.8. The van der Waals surface area contributed by atoms with Crippen LogP contribution in [0.4, 0.5) is 11.4 Å². The standard InChI is InChI=1S/C17H18N2O2S/c1-12(2)11-22-16-9-7-15(8-10-16)19-18-14-5-3-13(4-6-14)17(20)21/h3-10,12H,11H2,1-2H3,(H,20,21). The van der Waals surface area contributed by atoms with Crippen molar-refractivity contribution in [2.24, 2.45) is 16.1 Å². The highest BCUT2D eigenvalue weighted by Crippen LogP contribution is 2.24. The number of rotatable bonds is 6. The smallest absolute Gasteiger partial charge is 0.335 e. The molecule has 0 unspecified atom stereocenters. The van der Waals surface area contributed by atoms with Crippen LogP contribution in [0.3, 0.4) is 0 Å². The number of benzene rings is 2. The highest BCUT2D eigenvalue weighted by atomic mass is 32.2. The van der Waals surface area contributed by atoms with E-state index in [4.69, 9.17) is 5.11 Å². The van der Waals surface area contributed by atoms with Gasteiger partial charge in [0.1, 0.15) is 0 Å². The fraction of sp³-hybridized carbons (Fsp3) is 0.235. The molecule has 4 nitrogen and oxygen atoms in total. The number of aromatic carboxylic acids is 1. The third kappa shape index (κ3) is 5.00. The Morgan fingerprint density at radius 3 is 1.95 bits per heavy atom. The van der Waals surface area contributed by atoms with E-state index in [2.05, 4.69) is 24.1 Å². The van der Waals surface area contributed by atoms with Crippen molar-refractivity contribution in [1.82, 2.24) is 0 Å². The van der Waals surface area contributed by atoms with Crippen LogP contribution in [0.15, 0.2) is 63.7 Å². The SMILES string of the molecule is CC(C)CSc1ccc(N=Nc2ccc(C(=O)O)cc2)cc1. The summed E-state index contributed by atoms with van der Waals surface area (Å²) in [6.07, 6.45) is 0. The Balaban J connectivity index is 1.99. The molecule has 114 valence electrons. The summed E-state index contributed by atoms with van der Waals surface area (Å²) in [5.74, 6) is 0.813. The molecule has 0 aromatic heterocycles. The first-order chi connectivity index (χ1) is 10.5. The van der Waals surface area contributed by atoms with Crippen molar-refractivity contribution in [2.75, 3.05) is 5.75 Å². The lowest BCUT2D eigenvalue weighted by molar-refractivity contribution is 0.0697. The summed E-state index contributed by atoms with van der Waals surface area (Å²) >= 11 is 1.83. The van der Waals surface area contributed by atoms with Gasteiger partial charge in [0.05, 0.1) is 16.9 Å². The van der Waals surface area contributed by atoms with Gasteiger partial charge >= 0.3 is 5.97 Å². The molecule has 0 saturated carbocycles. The Hall–Kier alpha value is -2.14. The maximum Gasteiger partial charge on any atom is 0.335 e. The molecule has 0 spiro atoms. The summed E-state index contributed by atoms with van der Waals surface area (Å²) in [4.78, 5) is 12.0. The molecule has 0 fully saturated rings. The van der Waals surface area contributed by atoms with E-state index in [0.29, 0.717) is 11.6 Å². The second-order valence-corrected chi connectivity index (χ2v) is 6.34. The van der Waals surface area contributed by atoms with Gasteiger partial charge in [0.2, 0.25) is 0 Å². The minimum Gasteiger partial charge on any atom is -0.478 e. The predicted octanol–water partition coefficient (Wildman–Crippen LogP) is 5.55. The Labute approximate surface area is 134 Å². The van der Waals surface area contributed by atoms with Gasteiger partial charge in [0, 0.05) is 10.6 Å². The van der Waals surface area contributed by atoms with E-state index in [1.54, 1.807) is 12.1 Å². The van der Waals surface area contributed by atoms with Crippen molar-refractivity contribution in [3.63, 3.8) is 0 Å². The fourth-order valence-electron chi connectivity index (χ4n) is 1.66. The molecule has 5 heteroatoms. The lowest BCUT2D eigenvalue weighted by Crippen LogP contribution is -1.93. The fourth-order valence-corrected chi connectivity index (χ4v) is 2.51. The van der Waals surface area contributed by atoms with Crippen LogP contribution in [-0.2, 0) is 0 Å². The second-order valence-electron chi connectivity index (χ2n) is 5.25. The minimum absolute atomic E-state index is 0.241. The predicted molar refractivity (Wildman–Crippen MR) is 89.6 cm³/mol. The highest BCUT2D eigenvalue weighted by molar-refractivity contribution is 7.99. The third-order valence-corrected chi connectivity index (χ3v) is 4.25. The van der Waals surface area contributed by atoms with Crippen molar-refractivity contribution in [1.29, 1.82) is 0 Å². The van der Waals surface area contributed by atoms with E-state index < -0.39 is 5.97 Å². The van der Waals surface area contributed by atoms with Gasteiger partial charge in [-0.1, -0.05) is 13.8 Å². The van der Waals surface area contributed by atoms with E-state index >= 15 is 0 Å². The van der Waals surface area contributed by atoms with Crippen LogP contribution in [0.1, 0.15) is 24.2 Å². The average molecular weight is 314 g/mol. The molecule has 0 bridgehead atoms. The average Bonchev–Trinajstić information content (AvgIpc) is 2.52. The molecule has 1 N–H and O–H groups in total. The monoisotopic (exact) mass is 314 g/mol. The van der Waals surface area contributed by atoms with Crippen LogP contribution < -0.4 is 0 Å². The van der Waals surface area contributed by atoms with Gasteiger partial charge in [0.25, 0.3) is 0 Å². The Kier molecular flexibility index (Phi) is 5.72. The van der Waals surface area contributed by atoms with Crippen LogP contribution in [0, 0.1) is 5.92 Å². The zero-order valence-corrected chi connectivity index (χ0v) is 13.4. The Bertz CT molecular complexity index is 649. The van der Waals surface area contributed by atoms with Gasteiger partial charge in [0.15, 0.2) is 0 Å². The number of hydrogen-bond donors (Lipinski definition) is 1. The summed E-state index contributed by atoms with van der Waals surface area (Å²) in [7, 11) is 0. The lowest BCUT2D eigenvalue weighted by atomic mass is 10.2. The van der Waals surface area contributed by atoms with E-state index in [9.17, 15) is 4.79 Å². The van der Waals surface area contributed by atoms with Crippen molar-refractivity contribution in [2.45, 2.75) is 18.7 Å². The van der Waals surface area contributed by atoms with Crippen LogP contribution in [0.5, 0.6) is 0 Å². The number of nitrogens with zero attached hydrogens (tertiary/aromatic N) is 2. The maximum atomic E-state index is 10.8. The molecular weight excluding hydrogens is 296 g/mol. The van der Waals surface area contributed by atoms with E-state index in [-0.39, 0.29) is 5.56 Å². The number of carboxylic acids is 1. The summed E-state index contributed by atoms with van der Waals surface area (Å²) in [6.45, 7) is 4.40. The molecule has 0 aliphatic rings. The number of hydrogen-bond acceptors (Lipinski definition) is 4. The summed E-state index contributed by atoms with van der Waals surface area (Å²) in [5.41, 5.74) is 1.64. The van der Waals surface area contributed by atoms with Crippen LogP contribution in [0.2, 0.25) is 0 Å². The number of carbonyl (C=O) groups is 1. The molecule has 0 radical (unpaired) electrons. The zero-order valence-electron chi connectivity index (χ0n) is 12.6. The molecule has 0 aliphatic carbocycles. The number of thioether (sulfide) groups is 1. The topological polar surface area (TPSA) is 62.0 Å². The van der Waals surface area contributed by atoms with Gasteiger partial charge < -0.3 is 5.11 Å². The molecule has 22 heavy (non-hydrogen) atoms. The summed E-state index contributed by atoms with van der Waals surface area (Å²) in [5, 5.41) is 17.1. The van der Waals surface area contributed by atoms with Gasteiger partial charge in [-0.25, -0.2) is 4.79 Å². The van der Waals surface area contributed by atoms with Crippen molar-refractivity contribution >= 4 is 29.1 Å². The van der Waals surface area contributed by atoms with Gasteiger partial charge in [-0.15, -0.1) is 11.8 Å². The van der Waals surface area contributed by atoms with Gasteiger partial charge in [-0.3, -0.25) is 0 Å². The number of carboxylic acid groups (broad SMARTS) is 1. The molecule has 0 aliphatic heterocycles. The molecule has 2 rings (SSSR count). The van der Waals surface area contributed by atoms with Crippen LogP contribution >= 0.6 is 11.8 Å². The molecule has 0 atom stereocenters. The largest absolute Gasteiger partial charge is 0.478 e.